The Morgan fingerprint density at radius 3 is 2.70 bits per heavy atom. The van der Waals surface area contributed by atoms with E-state index in [1.807, 2.05) is 13.0 Å². The van der Waals surface area contributed by atoms with Gasteiger partial charge in [0.25, 0.3) is 0 Å². The number of sulfone groups is 1. The maximum absolute atomic E-state index is 12.4. The fraction of sp³-hybridized carbons (Fsp3) is 0.632. The average molecular weight is 396 g/mol. The van der Waals surface area contributed by atoms with Crippen LogP contribution in [0.25, 0.3) is 0 Å². The van der Waals surface area contributed by atoms with Crippen molar-refractivity contribution in [3.8, 4) is 0 Å². The molecular weight excluding hydrogens is 366 g/mol. The van der Waals surface area contributed by atoms with E-state index in [-0.39, 0.29) is 24.5 Å². The van der Waals surface area contributed by atoms with Gasteiger partial charge in [0.1, 0.15) is 6.10 Å². The molecule has 0 radical (unpaired) electrons. The Morgan fingerprint density at radius 1 is 1.22 bits per heavy atom. The van der Waals surface area contributed by atoms with Crippen molar-refractivity contribution in [3.05, 3.63) is 30.3 Å². The van der Waals surface area contributed by atoms with Crippen molar-refractivity contribution in [3.63, 3.8) is 0 Å². The number of nitrogens with one attached hydrogen (secondary N) is 1. The molecule has 0 spiro atoms. The minimum atomic E-state index is -3.32. The predicted molar refractivity (Wildman–Crippen MR) is 105 cm³/mol. The van der Waals surface area contributed by atoms with E-state index in [2.05, 4.69) is 15.2 Å². The lowest BCUT2D eigenvalue weighted by Crippen LogP contribution is -2.53. The summed E-state index contributed by atoms with van der Waals surface area (Å²) < 4.78 is 36.5. The van der Waals surface area contributed by atoms with Crippen molar-refractivity contribution < 1.29 is 17.9 Å². The first-order valence-corrected chi connectivity index (χ1v) is 11.3. The van der Waals surface area contributed by atoms with Crippen LogP contribution in [0.4, 0.5) is 0 Å². The van der Waals surface area contributed by atoms with Gasteiger partial charge in [-0.05, 0) is 31.9 Å². The largest absolute Gasteiger partial charge is 0.375 e. The van der Waals surface area contributed by atoms with Crippen LogP contribution < -0.4 is 5.32 Å². The Kier molecular flexibility index (Phi) is 7.09. The number of benzene rings is 1. The fourth-order valence-corrected chi connectivity index (χ4v) is 4.57. The standard InChI is InChI=1S/C19H29N3O4S/c1-2-20-19(21-10-14-27(23,24)16-7-4-3-5-8-16)22-11-13-26-18(15-22)17-9-6-12-25-17/h3-5,7-8,17-18H,2,6,9-15H2,1H3,(H,20,21). The molecule has 0 saturated carbocycles. The van der Waals surface area contributed by atoms with E-state index in [9.17, 15) is 8.42 Å². The zero-order valence-corrected chi connectivity index (χ0v) is 16.7. The molecule has 7 nitrogen and oxygen atoms in total. The molecule has 2 aliphatic heterocycles. The Morgan fingerprint density at radius 2 is 2.00 bits per heavy atom. The van der Waals surface area contributed by atoms with Gasteiger partial charge < -0.3 is 19.7 Å². The van der Waals surface area contributed by atoms with Gasteiger partial charge in [-0.15, -0.1) is 0 Å². The highest BCUT2D eigenvalue weighted by atomic mass is 32.2. The van der Waals surface area contributed by atoms with Crippen LogP contribution in [0.15, 0.2) is 40.2 Å². The smallest absolute Gasteiger partial charge is 0.194 e. The van der Waals surface area contributed by atoms with Crippen LogP contribution in [0.1, 0.15) is 19.8 Å². The molecule has 2 heterocycles. The van der Waals surface area contributed by atoms with Crippen molar-refractivity contribution in [2.45, 2.75) is 36.9 Å². The molecule has 8 heteroatoms. The van der Waals surface area contributed by atoms with Gasteiger partial charge in [-0.25, -0.2) is 8.42 Å². The summed E-state index contributed by atoms with van der Waals surface area (Å²) in [6, 6.07) is 8.53. The molecule has 150 valence electrons. The van der Waals surface area contributed by atoms with Crippen molar-refractivity contribution in [2.24, 2.45) is 4.99 Å². The highest BCUT2D eigenvalue weighted by Crippen LogP contribution is 2.21. The lowest BCUT2D eigenvalue weighted by atomic mass is 10.1. The maximum Gasteiger partial charge on any atom is 0.194 e. The molecule has 0 aliphatic carbocycles. The van der Waals surface area contributed by atoms with E-state index in [1.54, 1.807) is 24.3 Å². The van der Waals surface area contributed by atoms with E-state index in [4.69, 9.17) is 9.47 Å². The summed E-state index contributed by atoms with van der Waals surface area (Å²) in [5.41, 5.74) is 0. The molecule has 1 aromatic rings. The number of morpholine rings is 1. The third-order valence-corrected chi connectivity index (χ3v) is 6.54. The molecule has 2 unspecified atom stereocenters. The summed E-state index contributed by atoms with van der Waals surface area (Å²) >= 11 is 0. The second-order valence-electron chi connectivity index (χ2n) is 6.77. The molecular formula is C19H29N3O4S. The van der Waals surface area contributed by atoms with Crippen LogP contribution in [0.5, 0.6) is 0 Å². The number of guanidine groups is 1. The van der Waals surface area contributed by atoms with Crippen molar-refractivity contribution in [1.29, 1.82) is 0 Å². The van der Waals surface area contributed by atoms with Crippen LogP contribution in [-0.4, -0.2) is 76.6 Å². The Hall–Kier alpha value is -1.64. The highest BCUT2D eigenvalue weighted by molar-refractivity contribution is 7.91. The first-order valence-electron chi connectivity index (χ1n) is 9.64. The van der Waals surface area contributed by atoms with Crippen molar-refractivity contribution in [1.82, 2.24) is 10.2 Å². The third-order valence-electron chi connectivity index (χ3n) is 4.83. The van der Waals surface area contributed by atoms with Gasteiger partial charge in [0, 0.05) is 26.2 Å². The minimum absolute atomic E-state index is 0.00852. The summed E-state index contributed by atoms with van der Waals surface area (Å²) in [6.45, 7) is 5.83. The van der Waals surface area contributed by atoms with Gasteiger partial charge in [-0.2, -0.15) is 0 Å². The molecule has 1 aromatic carbocycles. The molecule has 0 bridgehead atoms. The Labute approximate surface area is 161 Å². The molecule has 2 atom stereocenters. The van der Waals surface area contributed by atoms with E-state index >= 15 is 0 Å². The fourth-order valence-electron chi connectivity index (χ4n) is 3.43. The van der Waals surface area contributed by atoms with E-state index < -0.39 is 9.84 Å². The third kappa shape index (κ3) is 5.43. The predicted octanol–water partition coefficient (Wildman–Crippen LogP) is 1.31. The Bertz CT molecular complexity index is 718. The molecule has 3 rings (SSSR count). The number of rotatable bonds is 6. The molecule has 2 saturated heterocycles. The van der Waals surface area contributed by atoms with E-state index in [1.165, 1.54) is 0 Å². The average Bonchev–Trinajstić information content (AvgIpc) is 3.23. The molecule has 0 amide bonds. The number of hydrogen-bond donors (Lipinski definition) is 1. The quantitative estimate of drug-likeness (QED) is 0.578. The van der Waals surface area contributed by atoms with Crippen LogP contribution in [0.3, 0.4) is 0 Å². The van der Waals surface area contributed by atoms with Gasteiger partial charge in [-0.3, -0.25) is 4.99 Å². The molecule has 0 aromatic heterocycles. The topological polar surface area (TPSA) is 80.2 Å². The Balaban J connectivity index is 1.62. The summed E-state index contributed by atoms with van der Waals surface area (Å²) in [7, 11) is -3.32. The first-order chi connectivity index (χ1) is 13.1. The van der Waals surface area contributed by atoms with E-state index in [0.717, 1.165) is 38.5 Å². The van der Waals surface area contributed by atoms with Crippen LogP contribution >= 0.6 is 0 Å². The second-order valence-corrected chi connectivity index (χ2v) is 8.88. The van der Waals surface area contributed by atoms with Crippen molar-refractivity contribution in [2.75, 3.05) is 45.1 Å². The van der Waals surface area contributed by atoms with E-state index in [0.29, 0.717) is 18.0 Å². The lowest BCUT2D eigenvalue weighted by Gasteiger charge is -2.37. The minimum Gasteiger partial charge on any atom is -0.375 e. The summed E-state index contributed by atoms with van der Waals surface area (Å²) in [5, 5.41) is 3.27. The van der Waals surface area contributed by atoms with Crippen LogP contribution in [0, 0.1) is 0 Å². The SMILES string of the molecule is CCNC(=NCCS(=O)(=O)c1ccccc1)N1CCOC(C2CCCO2)C1. The number of hydrogen-bond acceptors (Lipinski definition) is 5. The molecule has 27 heavy (non-hydrogen) atoms. The van der Waals surface area contributed by atoms with Crippen LogP contribution in [0.2, 0.25) is 0 Å². The molecule has 1 N–H and O–H groups in total. The van der Waals surface area contributed by atoms with Gasteiger partial charge in [-0.1, -0.05) is 18.2 Å². The van der Waals surface area contributed by atoms with Crippen molar-refractivity contribution >= 4 is 15.8 Å². The monoisotopic (exact) mass is 395 g/mol. The van der Waals surface area contributed by atoms with Gasteiger partial charge in [0.05, 0.1) is 29.9 Å². The zero-order valence-electron chi connectivity index (χ0n) is 15.8. The normalized spacial score (nSPS) is 24.2. The van der Waals surface area contributed by atoms with Gasteiger partial charge in [0.15, 0.2) is 15.8 Å². The molecule has 2 fully saturated rings. The van der Waals surface area contributed by atoms with Crippen LogP contribution in [-0.2, 0) is 19.3 Å². The second kappa shape index (κ2) is 9.52. The number of aliphatic imine (C=N–C) groups is 1. The highest BCUT2D eigenvalue weighted by Gasteiger charge is 2.32. The summed E-state index contributed by atoms with van der Waals surface area (Å²) in [5.74, 6) is 0.734. The summed E-state index contributed by atoms with van der Waals surface area (Å²) in [6.07, 6.45) is 2.30. The maximum atomic E-state index is 12.4. The number of ether oxygens (including phenoxy) is 2. The lowest BCUT2D eigenvalue weighted by molar-refractivity contribution is -0.0816. The first kappa shape index (κ1) is 20.1. The summed E-state index contributed by atoms with van der Waals surface area (Å²) in [4.78, 5) is 7.05. The van der Waals surface area contributed by atoms with Gasteiger partial charge >= 0.3 is 0 Å². The van der Waals surface area contributed by atoms with Gasteiger partial charge in [0.2, 0.25) is 0 Å². The molecule has 2 aliphatic rings. The zero-order chi connectivity index (χ0) is 19.1. The number of nitrogens with zero attached hydrogens (tertiary/aromatic N) is 2.